The van der Waals surface area contributed by atoms with E-state index in [0.717, 1.165) is 19.3 Å². The van der Waals surface area contributed by atoms with Gasteiger partial charge in [-0.3, -0.25) is 14.5 Å². The lowest BCUT2D eigenvalue weighted by Gasteiger charge is -2.40. The van der Waals surface area contributed by atoms with Gasteiger partial charge in [-0.2, -0.15) is 0 Å². The first-order chi connectivity index (χ1) is 12.5. The third kappa shape index (κ3) is 3.22. The molecule has 4 amide bonds. The van der Waals surface area contributed by atoms with Crippen molar-refractivity contribution in [3.63, 3.8) is 0 Å². The number of rotatable bonds is 6. The van der Waals surface area contributed by atoms with Gasteiger partial charge in [0.25, 0.3) is 5.91 Å². The van der Waals surface area contributed by atoms with E-state index in [1.54, 1.807) is 12.1 Å². The maximum absolute atomic E-state index is 13.2. The SMILES string of the molecule is CCCC1(C2CCN(C(=O)CC)CC2)NC(=O)N(Cc2ccco2)C1=O. The molecule has 7 nitrogen and oxygen atoms in total. The Bertz CT molecular complexity index is 664. The molecule has 1 unspecified atom stereocenters. The number of amides is 4. The summed E-state index contributed by atoms with van der Waals surface area (Å²) in [6, 6.07) is 3.15. The Morgan fingerprint density at radius 3 is 2.62 bits per heavy atom. The summed E-state index contributed by atoms with van der Waals surface area (Å²) < 4.78 is 5.30. The second-order valence-electron chi connectivity index (χ2n) is 7.13. The Hall–Kier alpha value is -2.31. The van der Waals surface area contributed by atoms with E-state index in [0.29, 0.717) is 31.7 Å². The maximum atomic E-state index is 13.2. The van der Waals surface area contributed by atoms with E-state index < -0.39 is 5.54 Å². The van der Waals surface area contributed by atoms with Crippen LogP contribution in [-0.4, -0.2) is 46.3 Å². The Morgan fingerprint density at radius 2 is 2.04 bits per heavy atom. The molecule has 0 aliphatic carbocycles. The molecule has 142 valence electrons. The molecular weight excluding hydrogens is 334 g/mol. The lowest BCUT2D eigenvalue weighted by atomic mass is 9.74. The molecule has 3 rings (SSSR count). The van der Waals surface area contributed by atoms with Crippen molar-refractivity contribution >= 4 is 17.8 Å². The summed E-state index contributed by atoms with van der Waals surface area (Å²) in [6.07, 6.45) is 4.90. The second-order valence-corrected chi connectivity index (χ2v) is 7.13. The summed E-state index contributed by atoms with van der Waals surface area (Å²) in [5.74, 6) is 0.612. The van der Waals surface area contributed by atoms with Crippen LogP contribution in [0.15, 0.2) is 22.8 Å². The number of hydrogen-bond donors (Lipinski definition) is 1. The first-order valence-electron chi connectivity index (χ1n) is 9.46. The minimum atomic E-state index is -0.861. The molecule has 2 fully saturated rings. The van der Waals surface area contributed by atoms with Crippen molar-refractivity contribution in [2.45, 2.75) is 58.0 Å². The number of nitrogens with one attached hydrogen (secondary N) is 1. The smallest absolute Gasteiger partial charge is 0.325 e. The third-order valence-electron chi connectivity index (χ3n) is 5.59. The molecule has 0 spiro atoms. The zero-order valence-electron chi connectivity index (χ0n) is 15.5. The number of furan rings is 1. The summed E-state index contributed by atoms with van der Waals surface area (Å²) in [7, 11) is 0. The molecule has 1 N–H and O–H groups in total. The molecular formula is C19H27N3O4. The van der Waals surface area contributed by atoms with Gasteiger partial charge in [-0.1, -0.05) is 20.3 Å². The van der Waals surface area contributed by atoms with Gasteiger partial charge in [0.2, 0.25) is 5.91 Å². The fraction of sp³-hybridized carbons (Fsp3) is 0.632. The van der Waals surface area contributed by atoms with Crippen LogP contribution in [0.3, 0.4) is 0 Å². The zero-order valence-corrected chi connectivity index (χ0v) is 15.5. The summed E-state index contributed by atoms with van der Waals surface area (Å²) in [5.41, 5.74) is -0.861. The minimum absolute atomic E-state index is 0.0430. The van der Waals surface area contributed by atoms with Gasteiger partial charge in [0.15, 0.2) is 0 Å². The average Bonchev–Trinajstić information content (AvgIpc) is 3.25. The van der Waals surface area contributed by atoms with E-state index in [-0.39, 0.29) is 30.3 Å². The second kappa shape index (κ2) is 7.51. The monoisotopic (exact) mass is 361 g/mol. The van der Waals surface area contributed by atoms with Crippen LogP contribution in [0, 0.1) is 5.92 Å². The van der Waals surface area contributed by atoms with Crippen LogP contribution in [-0.2, 0) is 16.1 Å². The topological polar surface area (TPSA) is 82.9 Å². The van der Waals surface area contributed by atoms with Crippen molar-refractivity contribution in [3.8, 4) is 0 Å². The van der Waals surface area contributed by atoms with Crippen molar-refractivity contribution in [1.82, 2.24) is 15.1 Å². The summed E-state index contributed by atoms with van der Waals surface area (Å²) in [6.45, 7) is 5.32. The van der Waals surface area contributed by atoms with E-state index in [2.05, 4.69) is 5.32 Å². The first-order valence-corrected chi connectivity index (χ1v) is 9.46. The van der Waals surface area contributed by atoms with Crippen LogP contribution >= 0.6 is 0 Å². The highest BCUT2D eigenvalue weighted by Gasteiger charge is 2.55. The summed E-state index contributed by atoms with van der Waals surface area (Å²) >= 11 is 0. The van der Waals surface area contributed by atoms with Gasteiger partial charge >= 0.3 is 6.03 Å². The standard InChI is InChI=1S/C19H27N3O4/c1-3-9-19(14-7-10-21(11-8-14)16(23)4-2)17(24)22(18(25)20-19)13-15-6-5-12-26-15/h5-6,12,14H,3-4,7-11,13H2,1-2H3,(H,20,25). The number of carbonyl (C=O) groups is 3. The molecule has 2 aliphatic rings. The van der Waals surface area contributed by atoms with Crippen LogP contribution in [0.5, 0.6) is 0 Å². The van der Waals surface area contributed by atoms with Crippen LogP contribution < -0.4 is 5.32 Å². The number of hydrogen-bond acceptors (Lipinski definition) is 4. The van der Waals surface area contributed by atoms with Crippen LogP contribution in [0.25, 0.3) is 0 Å². The fourth-order valence-corrected chi connectivity index (χ4v) is 4.24. The van der Waals surface area contributed by atoms with Gasteiger partial charge in [-0.15, -0.1) is 0 Å². The van der Waals surface area contributed by atoms with Crippen molar-refractivity contribution in [3.05, 3.63) is 24.2 Å². The van der Waals surface area contributed by atoms with Crippen molar-refractivity contribution in [1.29, 1.82) is 0 Å². The summed E-state index contributed by atoms with van der Waals surface area (Å²) in [5, 5.41) is 3.00. The zero-order chi connectivity index (χ0) is 18.7. The van der Waals surface area contributed by atoms with E-state index in [4.69, 9.17) is 4.42 Å². The molecule has 0 aromatic carbocycles. The fourth-order valence-electron chi connectivity index (χ4n) is 4.24. The number of imide groups is 1. The molecule has 1 atom stereocenters. The predicted octanol–water partition coefficient (Wildman–Crippen LogP) is 2.52. The Kier molecular flexibility index (Phi) is 5.34. The Labute approximate surface area is 153 Å². The highest BCUT2D eigenvalue weighted by molar-refractivity contribution is 6.07. The number of nitrogens with zero attached hydrogens (tertiary/aromatic N) is 2. The van der Waals surface area contributed by atoms with E-state index in [1.165, 1.54) is 11.2 Å². The number of carbonyl (C=O) groups excluding carboxylic acids is 3. The molecule has 26 heavy (non-hydrogen) atoms. The van der Waals surface area contributed by atoms with Gasteiger partial charge in [0.05, 0.1) is 12.8 Å². The van der Waals surface area contributed by atoms with Crippen molar-refractivity contribution < 1.29 is 18.8 Å². The van der Waals surface area contributed by atoms with Gasteiger partial charge in [0.1, 0.15) is 11.3 Å². The normalized spacial score (nSPS) is 24.2. The summed E-state index contributed by atoms with van der Waals surface area (Å²) in [4.78, 5) is 40.8. The Balaban J connectivity index is 1.77. The van der Waals surface area contributed by atoms with Gasteiger partial charge in [-0.05, 0) is 37.3 Å². The van der Waals surface area contributed by atoms with Crippen molar-refractivity contribution in [2.24, 2.45) is 5.92 Å². The quantitative estimate of drug-likeness (QED) is 0.789. The van der Waals surface area contributed by atoms with Crippen molar-refractivity contribution in [2.75, 3.05) is 13.1 Å². The maximum Gasteiger partial charge on any atom is 0.325 e. The van der Waals surface area contributed by atoms with E-state index in [9.17, 15) is 14.4 Å². The number of likely N-dealkylation sites (tertiary alicyclic amines) is 1. The molecule has 0 radical (unpaired) electrons. The van der Waals surface area contributed by atoms with Gasteiger partial charge in [0, 0.05) is 19.5 Å². The molecule has 2 aliphatic heterocycles. The molecule has 0 bridgehead atoms. The van der Waals surface area contributed by atoms with E-state index in [1.807, 2.05) is 18.7 Å². The molecule has 1 aromatic rings. The van der Waals surface area contributed by atoms with Crippen LogP contribution in [0.1, 0.15) is 51.7 Å². The molecule has 2 saturated heterocycles. The van der Waals surface area contributed by atoms with Crippen LogP contribution in [0.4, 0.5) is 4.79 Å². The predicted molar refractivity (Wildman–Crippen MR) is 95.0 cm³/mol. The minimum Gasteiger partial charge on any atom is -0.467 e. The Morgan fingerprint density at radius 1 is 1.31 bits per heavy atom. The largest absolute Gasteiger partial charge is 0.467 e. The first kappa shape index (κ1) is 18.5. The third-order valence-corrected chi connectivity index (χ3v) is 5.59. The molecule has 3 heterocycles. The molecule has 1 aromatic heterocycles. The van der Waals surface area contributed by atoms with Crippen LogP contribution in [0.2, 0.25) is 0 Å². The lowest BCUT2D eigenvalue weighted by molar-refractivity contribution is -0.136. The van der Waals surface area contributed by atoms with E-state index >= 15 is 0 Å². The highest BCUT2D eigenvalue weighted by atomic mass is 16.3. The molecule has 0 saturated carbocycles. The number of piperidine rings is 1. The highest BCUT2D eigenvalue weighted by Crippen LogP contribution is 2.37. The van der Waals surface area contributed by atoms with Gasteiger partial charge in [-0.25, -0.2) is 4.79 Å². The van der Waals surface area contributed by atoms with Gasteiger partial charge < -0.3 is 14.6 Å². The lowest BCUT2D eigenvalue weighted by Crippen LogP contribution is -2.56. The number of urea groups is 1. The average molecular weight is 361 g/mol. The molecule has 7 heteroatoms.